The number of hydrogen-bond acceptors (Lipinski definition) is 5. The van der Waals surface area contributed by atoms with Crippen LogP contribution < -0.4 is 5.32 Å². The van der Waals surface area contributed by atoms with E-state index in [4.69, 9.17) is 0 Å². The summed E-state index contributed by atoms with van der Waals surface area (Å²) < 4.78 is 25.7. The maximum Gasteiger partial charge on any atom is 0.274 e. The summed E-state index contributed by atoms with van der Waals surface area (Å²) in [6.45, 7) is 1.09. The fraction of sp³-hybridized carbons (Fsp3) is 0.188. The van der Waals surface area contributed by atoms with Gasteiger partial charge >= 0.3 is 0 Å². The van der Waals surface area contributed by atoms with Gasteiger partial charge in [0, 0.05) is 13.1 Å². The first-order chi connectivity index (χ1) is 11.7. The number of carbonyl (C=O) groups is 1. The molecule has 0 spiro atoms. The van der Waals surface area contributed by atoms with E-state index in [-0.39, 0.29) is 16.3 Å². The Balaban J connectivity index is 2.13. The van der Waals surface area contributed by atoms with Gasteiger partial charge in [0.25, 0.3) is 5.69 Å². The molecule has 0 heterocycles. The summed E-state index contributed by atoms with van der Waals surface area (Å²) in [5, 5.41) is 13.4. The first-order valence-corrected chi connectivity index (χ1v) is 8.72. The predicted molar refractivity (Wildman–Crippen MR) is 92.7 cm³/mol. The Morgan fingerprint density at radius 3 is 2.40 bits per heavy atom. The van der Waals surface area contributed by atoms with Crippen LogP contribution in [0, 0.1) is 17.0 Å². The molecule has 0 bridgehead atoms. The Bertz CT molecular complexity index is 897. The van der Waals surface area contributed by atoms with E-state index >= 15 is 0 Å². The van der Waals surface area contributed by atoms with Gasteiger partial charge in [-0.15, -0.1) is 0 Å². The van der Waals surface area contributed by atoms with E-state index in [1.54, 1.807) is 18.2 Å². The standard InChI is InChI=1S/C16H17N3O5S/c1-12-14(9-6-10-15(12)19(21)22)17-16(20)11-18(2)25(23,24)13-7-4-3-5-8-13/h3-10H,11H2,1-2H3,(H,17,20). The smallest absolute Gasteiger partial charge is 0.274 e. The molecule has 1 N–H and O–H groups in total. The molecule has 132 valence electrons. The van der Waals surface area contributed by atoms with Crippen LogP contribution >= 0.6 is 0 Å². The SMILES string of the molecule is Cc1c(NC(=O)CN(C)S(=O)(=O)c2ccccc2)cccc1[N+](=O)[O-]. The molecule has 2 rings (SSSR count). The average Bonchev–Trinajstić information content (AvgIpc) is 2.57. The fourth-order valence-corrected chi connectivity index (χ4v) is 3.35. The van der Waals surface area contributed by atoms with Crippen LogP contribution in [0.5, 0.6) is 0 Å². The minimum Gasteiger partial charge on any atom is -0.324 e. The van der Waals surface area contributed by atoms with Crippen molar-refractivity contribution in [1.29, 1.82) is 0 Å². The number of hydrogen-bond donors (Lipinski definition) is 1. The first kappa shape index (κ1) is 18.6. The van der Waals surface area contributed by atoms with Crippen LogP contribution in [0.15, 0.2) is 53.4 Å². The molecule has 0 aromatic heterocycles. The molecular formula is C16H17N3O5S. The number of nitro benzene ring substituents is 1. The van der Waals surface area contributed by atoms with E-state index in [0.717, 1.165) is 4.31 Å². The van der Waals surface area contributed by atoms with Crippen molar-refractivity contribution in [1.82, 2.24) is 4.31 Å². The minimum absolute atomic E-state index is 0.0804. The zero-order valence-corrected chi connectivity index (χ0v) is 14.5. The third-order valence-electron chi connectivity index (χ3n) is 3.59. The predicted octanol–water partition coefficient (Wildman–Crippen LogP) is 2.16. The highest BCUT2D eigenvalue weighted by Crippen LogP contribution is 2.25. The summed E-state index contributed by atoms with van der Waals surface area (Å²) in [5.41, 5.74) is 0.446. The highest BCUT2D eigenvalue weighted by molar-refractivity contribution is 7.89. The number of rotatable bonds is 6. The van der Waals surface area contributed by atoms with E-state index in [2.05, 4.69) is 5.32 Å². The van der Waals surface area contributed by atoms with Gasteiger partial charge in [-0.25, -0.2) is 8.42 Å². The van der Waals surface area contributed by atoms with E-state index in [9.17, 15) is 23.3 Å². The van der Waals surface area contributed by atoms with Gasteiger partial charge < -0.3 is 5.32 Å². The molecule has 0 saturated carbocycles. The molecule has 0 unspecified atom stereocenters. The van der Waals surface area contributed by atoms with Gasteiger partial charge in [-0.2, -0.15) is 4.31 Å². The maximum atomic E-state index is 12.4. The van der Waals surface area contributed by atoms with E-state index < -0.39 is 27.4 Å². The van der Waals surface area contributed by atoms with Gasteiger partial charge in [-0.05, 0) is 25.1 Å². The van der Waals surface area contributed by atoms with Crippen LogP contribution in [0.3, 0.4) is 0 Å². The lowest BCUT2D eigenvalue weighted by molar-refractivity contribution is -0.385. The lowest BCUT2D eigenvalue weighted by atomic mass is 10.1. The van der Waals surface area contributed by atoms with Crippen LogP contribution in [-0.2, 0) is 14.8 Å². The van der Waals surface area contributed by atoms with Crippen molar-refractivity contribution in [2.24, 2.45) is 0 Å². The third-order valence-corrected chi connectivity index (χ3v) is 5.41. The van der Waals surface area contributed by atoms with Gasteiger partial charge in [-0.1, -0.05) is 24.3 Å². The van der Waals surface area contributed by atoms with Gasteiger partial charge in [0.05, 0.1) is 27.6 Å². The second-order valence-electron chi connectivity index (χ2n) is 5.33. The van der Waals surface area contributed by atoms with Gasteiger partial charge in [0.15, 0.2) is 0 Å². The minimum atomic E-state index is -3.79. The summed E-state index contributed by atoms with van der Waals surface area (Å²) in [6, 6.07) is 12.0. The highest BCUT2D eigenvalue weighted by Gasteiger charge is 2.23. The van der Waals surface area contributed by atoms with Gasteiger partial charge in [0.1, 0.15) is 0 Å². The molecule has 0 aliphatic heterocycles. The molecule has 2 aromatic rings. The normalized spacial score (nSPS) is 11.3. The molecule has 0 atom stereocenters. The Labute approximate surface area is 145 Å². The van der Waals surface area contributed by atoms with Crippen molar-refractivity contribution in [2.75, 3.05) is 18.9 Å². The Hall–Kier alpha value is -2.78. The first-order valence-electron chi connectivity index (χ1n) is 7.28. The van der Waals surface area contributed by atoms with E-state index in [1.165, 1.54) is 44.3 Å². The van der Waals surface area contributed by atoms with Crippen LogP contribution in [0.2, 0.25) is 0 Å². The topological polar surface area (TPSA) is 110 Å². The lowest BCUT2D eigenvalue weighted by Gasteiger charge is -2.17. The molecule has 1 amide bonds. The number of nitrogens with zero attached hydrogens (tertiary/aromatic N) is 2. The van der Waals surface area contributed by atoms with Crippen LogP contribution in [-0.4, -0.2) is 37.1 Å². The van der Waals surface area contributed by atoms with Gasteiger partial charge in [-0.3, -0.25) is 14.9 Å². The molecule has 2 aromatic carbocycles. The molecule has 9 heteroatoms. The van der Waals surface area contributed by atoms with Crippen LogP contribution in [0.25, 0.3) is 0 Å². The molecule has 0 radical (unpaired) electrons. The van der Waals surface area contributed by atoms with Crippen LogP contribution in [0.1, 0.15) is 5.56 Å². The number of likely N-dealkylation sites (N-methyl/N-ethyl adjacent to an activating group) is 1. The van der Waals surface area contributed by atoms with Crippen molar-refractivity contribution < 1.29 is 18.1 Å². The second-order valence-corrected chi connectivity index (χ2v) is 7.37. The number of carbonyl (C=O) groups excluding carboxylic acids is 1. The largest absolute Gasteiger partial charge is 0.324 e. The molecule has 0 fully saturated rings. The highest BCUT2D eigenvalue weighted by atomic mass is 32.2. The quantitative estimate of drug-likeness (QED) is 0.625. The van der Waals surface area contributed by atoms with Crippen molar-refractivity contribution in [2.45, 2.75) is 11.8 Å². The molecule has 0 aliphatic carbocycles. The number of nitrogens with one attached hydrogen (secondary N) is 1. The van der Waals surface area contributed by atoms with Crippen molar-refractivity contribution >= 4 is 27.3 Å². The molecule has 0 saturated heterocycles. The number of amides is 1. The molecular weight excluding hydrogens is 346 g/mol. The number of benzene rings is 2. The van der Waals surface area contributed by atoms with Crippen molar-refractivity contribution in [3.8, 4) is 0 Å². The van der Waals surface area contributed by atoms with E-state index in [1.807, 2.05) is 0 Å². The Kier molecular flexibility index (Phi) is 5.50. The average molecular weight is 363 g/mol. The lowest BCUT2D eigenvalue weighted by Crippen LogP contribution is -2.35. The van der Waals surface area contributed by atoms with Crippen LogP contribution in [0.4, 0.5) is 11.4 Å². The monoisotopic (exact) mass is 363 g/mol. The zero-order valence-electron chi connectivity index (χ0n) is 13.7. The second kappa shape index (κ2) is 7.41. The fourth-order valence-electron chi connectivity index (χ4n) is 2.21. The summed E-state index contributed by atoms with van der Waals surface area (Å²) in [4.78, 5) is 22.6. The number of nitro groups is 1. The maximum absolute atomic E-state index is 12.4. The summed E-state index contributed by atoms with van der Waals surface area (Å²) in [5.74, 6) is -0.592. The van der Waals surface area contributed by atoms with Crippen molar-refractivity contribution in [3.05, 3.63) is 64.2 Å². The van der Waals surface area contributed by atoms with Crippen molar-refractivity contribution in [3.63, 3.8) is 0 Å². The summed E-state index contributed by atoms with van der Waals surface area (Å²) >= 11 is 0. The third kappa shape index (κ3) is 4.20. The number of sulfonamides is 1. The zero-order chi connectivity index (χ0) is 18.6. The van der Waals surface area contributed by atoms with Gasteiger partial charge in [0.2, 0.25) is 15.9 Å². The van der Waals surface area contributed by atoms with E-state index in [0.29, 0.717) is 5.56 Å². The molecule has 8 nitrogen and oxygen atoms in total. The summed E-state index contributed by atoms with van der Waals surface area (Å²) in [6.07, 6.45) is 0. The summed E-state index contributed by atoms with van der Waals surface area (Å²) in [7, 11) is -2.50. The molecule has 0 aliphatic rings. The molecule has 25 heavy (non-hydrogen) atoms. The number of anilines is 1. The Morgan fingerprint density at radius 1 is 1.16 bits per heavy atom. The Morgan fingerprint density at radius 2 is 1.80 bits per heavy atom.